The van der Waals surface area contributed by atoms with Gasteiger partial charge in [-0.2, -0.15) is 11.8 Å². The van der Waals surface area contributed by atoms with Crippen molar-refractivity contribution in [3.8, 4) is 0 Å². The van der Waals surface area contributed by atoms with Gasteiger partial charge < -0.3 is 15.8 Å². The Hall–Kier alpha value is -1.01. The summed E-state index contributed by atoms with van der Waals surface area (Å²) >= 11 is 3.55. The van der Waals surface area contributed by atoms with Crippen LogP contribution in [0, 0.1) is 0 Å². The molecule has 6 heteroatoms. The summed E-state index contributed by atoms with van der Waals surface area (Å²) < 4.78 is 0. The molecule has 118 valence electrons. The minimum absolute atomic E-state index is 0.172. The van der Waals surface area contributed by atoms with Crippen molar-refractivity contribution >= 4 is 35.0 Å². The second-order valence-corrected chi connectivity index (χ2v) is 7.10. The minimum atomic E-state index is 0.172. The lowest BCUT2D eigenvalue weighted by Crippen LogP contribution is -2.32. The zero-order valence-corrected chi connectivity index (χ0v) is 14.8. The summed E-state index contributed by atoms with van der Waals surface area (Å²) in [5.74, 6) is 2.24. The van der Waals surface area contributed by atoms with Gasteiger partial charge in [0.15, 0.2) is 5.84 Å². The second-order valence-electron chi connectivity index (χ2n) is 4.81. The molecule has 0 aromatic heterocycles. The lowest BCUT2D eigenvalue weighted by molar-refractivity contribution is 0.318. The monoisotopic (exact) mass is 327 g/mol. The van der Waals surface area contributed by atoms with E-state index in [1.54, 1.807) is 11.8 Å². The summed E-state index contributed by atoms with van der Waals surface area (Å²) in [5, 5.41) is 12.3. The van der Waals surface area contributed by atoms with Crippen molar-refractivity contribution in [2.75, 3.05) is 29.7 Å². The number of rotatable bonds is 8. The van der Waals surface area contributed by atoms with Crippen LogP contribution in [0.1, 0.15) is 25.8 Å². The lowest BCUT2D eigenvalue weighted by Gasteiger charge is -2.29. The van der Waals surface area contributed by atoms with Crippen LogP contribution in [0.5, 0.6) is 0 Å². The van der Waals surface area contributed by atoms with Crippen LogP contribution in [0.2, 0.25) is 0 Å². The Morgan fingerprint density at radius 3 is 2.76 bits per heavy atom. The van der Waals surface area contributed by atoms with E-state index in [1.807, 2.05) is 30.0 Å². The number of benzene rings is 1. The number of hydrogen-bond donors (Lipinski definition) is 2. The number of oxime groups is 1. The van der Waals surface area contributed by atoms with E-state index in [0.29, 0.717) is 6.04 Å². The Balaban J connectivity index is 3.18. The highest BCUT2D eigenvalue weighted by Gasteiger charge is 2.18. The normalized spacial score (nSPS) is 13.2. The topological polar surface area (TPSA) is 61.8 Å². The molecule has 1 unspecified atom stereocenters. The average Bonchev–Trinajstić information content (AvgIpc) is 2.51. The van der Waals surface area contributed by atoms with Gasteiger partial charge in [0.1, 0.15) is 0 Å². The Morgan fingerprint density at radius 1 is 1.48 bits per heavy atom. The zero-order valence-electron chi connectivity index (χ0n) is 13.2. The molecule has 4 nitrogen and oxygen atoms in total. The molecule has 1 aromatic rings. The van der Waals surface area contributed by atoms with Crippen LogP contribution in [0.4, 0.5) is 5.69 Å². The van der Waals surface area contributed by atoms with Crippen molar-refractivity contribution in [2.24, 2.45) is 10.9 Å². The van der Waals surface area contributed by atoms with E-state index >= 15 is 0 Å². The molecule has 0 bridgehead atoms. The highest BCUT2D eigenvalue weighted by molar-refractivity contribution is 7.99. The van der Waals surface area contributed by atoms with E-state index in [1.165, 1.54) is 0 Å². The van der Waals surface area contributed by atoms with Gasteiger partial charge in [0, 0.05) is 23.7 Å². The molecule has 0 aliphatic rings. The number of anilines is 1. The predicted octanol–water partition coefficient (Wildman–Crippen LogP) is 3.47. The molecule has 0 fully saturated rings. The Kier molecular flexibility index (Phi) is 7.82. The molecule has 0 heterocycles. The molecule has 0 saturated carbocycles. The third-order valence-corrected chi connectivity index (χ3v) is 5.03. The molecule has 0 spiro atoms. The van der Waals surface area contributed by atoms with Crippen LogP contribution >= 0.6 is 23.5 Å². The summed E-state index contributed by atoms with van der Waals surface area (Å²) in [7, 11) is 2.06. The maximum Gasteiger partial charge on any atom is 0.173 e. The summed E-state index contributed by atoms with van der Waals surface area (Å²) in [6.07, 6.45) is 3.21. The van der Waals surface area contributed by atoms with Crippen molar-refractivity contribution in [1.82, 2.24) is 0 Å². The molecular formula is C15H25N3OS2. The van der Waals surface area contributed by atoms with Crippen molar-refractivity contribution in [3.05, 3.63) is 23.8 Å². The smallest absolute Gasteiger partial charge is 0.173 e. The third-order valence-electron chi connectivity index (χ3n) is 3.45. The van der Waals surface area contributed by atoms with Gasteiger partial charge in [-0.15, -0.1) is 11.8 Å². The lowest BCUT2D eigenvalue weighted by atomic mass is 10.1. The molecule has 0 saturated heterocycles. The first-order valence-corrected chi connectivity index (χ1v) is 9.40. The fourth-order valence-corrected chi connectivity index (χ4v) is 3.53. The average molecular weight is 328 g/mol. The highest BCUT2D eigenvalue weighted by atomic mass is 32.2. The zero-order chi connectivity index (χ0) is 15.8. The van der Waals surface area contributed by atoms with Crippen molar-refractivity contribution < 1.29 is 5.21 Å². The summed E-state index contributed by atoms with van der Waals surface area (Å²) in [4.78, 5) is 3.26. The van der Waals surface area contributed by atoms with Gasteiger partial charge in [-0.1, -0.05) is 18.1 Å². The number of thioether (sulfide) groups is 2. The predicted molar refractivity (Wildman–Crippen MR) is 96.2 cm³/mol. The SMILES string of the molecule is CCSc1cccc(N(C)C(C)CCSC)c1/C(N)=N/O. The number of nitrogens with zero attached hydrogens (tertiary/aromatic N) is 2. The van der Waals surface area contributed by atoms with Crippen molar-refractivity contribution in [3.63, 3.8) is 0 Å². The third kappa shape index (κ3) is 4.74. The molecular weight excluding hydrogens is 302 g/mol. The van der Waals surface area contributed by atoms with E-state index in [9.17, 15) is 0 Å². The number of amidine groups is 1. The summed E-state index contributed by atoms with van der Waals surface area (Å²) in [5.41, 5.74) is 7.76. The first-order valence-electron chi connectivity index (χ1n) is 7.02. The quantitative estimate of drug-likeness (QED) is 0.252. The molecule has 1 rings (SSSR count). The molecule has 1 aromatic carbocycles. The standard InChI is InChI=1S/C15H25N3OS2/c1-5-21-13-8-6-7-12(14(13)15(16)17-19)18(3)11(2)9-10-20-4/h6-8,11,19H,5,9-10H2,1-4H3,(H2,16,17). The highest BCUT2D eigenvalue weighted by Crippen LogP contribution is 2.31. The molecule has 3 N–H and O–H groups in total. The molecule has 0 aliphatic carbocycles. The van der Waals surface area contributed by atoms with Crippen LogP contribution in [0.15, 0.2) is 28.3 Å². The van der Waals surface area contributed by atoms with Gasteiger partial charge >= 0.3 is 0 Å². The van der Waals surface area contributed by atoms with E-state index in [-0.39, 0.29) is 5.84 Å². The van der Waals surface area contributed by atoms with E-state index in [4.69, 9.17) is 10.9 Å². The van der Waals surface area contributed by atoms with Crippen molar-refractivity contribution in [2.45, 2.75) is 31.2 Å². The maximum atomic E-state index is 9.10. The summed E-state index contributed by atoms with van der Waals surface area (Å²) in [6, 6.07) is 6.47. The van der Waals surface area contributed by atoms with Gasteiger partial charge in [-0.05, 0) is 43.2 Å². The fraction of sp³-hybridized carbons (Fsp3) is 0.533. The van der Waals surface area contributed by atoms with Crippen LogP contribution in [-0.4, -0.2) is 41.9 Å². The Bertz CT molecular complexity index is 480. The van der Waals surface area contributed by atoms with Crippen LogP contribution in [0.25, 0.3) is 0 Å². The minimum Gasteiger partial charge on any atom is -0.409 e. The van der Waals surface area contributed by atoms with Crippen LogP contribution < -0.4 is 10.6 Å². The van der Waals surface area contributed by atoms with Gasteiger partial charge in [0.25, 0.3) is 0 Å². The largest absolute Gasteiger partial charge is 0.409 e. The maximum absolute atomic E-state index is 9.10. The number of hydrogen-bond acceptors (Lipinski definition) is 5. The van der Waals surface area contributed by atoms with Gasteiger partial charge in [0.05, 0.1) is 5.56 Å². The summed E-state index contributed by atoms with van der Waals surface area (Å²) in [6.45, 7) is 4.30. The van der Waals surface area contributed by atoms with Crippen LogP contribution in [0.3, 0.4) is 0 Å². The molecule has 21 heavy (non-hydrogen) atoms. The van der Waals surface area contributed by atoms with E-state index < -0.39 is 0 Å². The van der Waals surface area contributed by atoms with Crippen molar-refractivity contribution in [1.29, 1.82) is 0 Å². The first-order chi connectivity index (χ1) is 10.1. The Morgan fingerprint density at radius 2 is 2.19 bits per heavy atom. The van der Waals surface area contributed by atoms with E-state index in [0.717, 1.165) is 34.1 Å². The van der Waals surface area contributed by atoms with Gasteiger partial charge in [-0.25, -0.2) is 0 Å². The van der Waals surface area contributed by atoms with Crippen LogP contribution in [-0.2, 0) is 0 Å². The van der Waals surface area contributed by atoms with Gasteiger partial charge in [0.2, 0.25) is 0 Å². The molecule has 1 atom stereocenters. The first kappa shape index (κ1) is 18.0. The molecule has 0 radical (unpaired) electrons. The fourth-order valence-electron chi connectivity index (χ4n) is 2.12. The number of nitrogens with two attached hydrogens (primary N) is 1. The molecule has 0 amide bonds. The second kappa shape index (κ2) is 9.10. The Labute approximate surface area is 136 Å². The van der Waals surface area contributed by atoms with Gasteiger partial charge in [-0.3, -0.25) is 0 Å². The van der Waals surface area contributed by atoms with E-state index in [2.05, 4.69) is 37.2 Å². The molecule has 0 aliphatic heterocycles.